The molecule has 2 nitrogen and oxygen atoms in total. The van der Waals surface area contributed by atoms with Gasteiger partial charge in [0.15, 0.2) is 0 Å². The van der Waals surface area contributed by atoms with Crippen LogP contribution in [0.1, 0.15) is 54.4 Å². The van der Waals surface area contributed by atoms with Crippen molar-refractivity contribution in [1.82, 2.24) is 0 Å². The van der Waals surface area contributed by atoms with Gasteiger partial charge in [0.05, 0.1) is 6.61 Å². The molecule has 0 unspecified atom stereocenters. The summed E-state index contributed by atoms with van der Waals surface area (Å²) in [6.07, 6.45) is 11.3. The zero-order valence-electron chi connectivity index (χ0n) is 16.0. The fraction of sp³-hybridized carbons (Fsp3) is 0.320. The van der Waals surface area contributed by atoms with Gasteiger partial charge < -0.3 is 4.74 Å². The molecule has 0 saturated heterocycles. The largest absolute Gasteiger partial charge is 0.463 e. The Hall–Kier alpha value is -2.61. The van der Waals surface area contributed by atoms with Crippen LogP contribution in [0.4, 0.5) is 0 Å². The number of aryl methyl sites for hydroxylation is 2. The second-order valence-corrected chi connectivity index (χ2v) is 7.10. The van der Waals surface area contributed by atoms with Crippen LogP contribution in [0.3, 0.4) is 0 Å². The summed E-state index contributed by atoms with van der Waals surface area (Å²) in [6.45, 7) is 3.89. The van der Waals surface area contributed by atoms with Crippen LogP contribution in [0, 0.1) is 0 Å². The smallest absolute Gasteiger partial charge is 0.330 e. The van der Waals surface area contributed by atoms with Gasteiger partial charge in [-0.25, -0.2) is 4.79 Å². The molecule has 0 amide bonds. The van der Waals surface area contributed by atoms with E-state index in [-0.39, 0.29) is 5.97 Å². The van der Waals surface area contributed by atoms with Crippen molar-refractivity contribution in [2.24, 2.45) is 0 Å². The molecule has 2 aromatic carbocycles. The van der Waals surface area contributed by atoms with E-state index in [9.17, 15) is 4.79 Å². The molecule has 27 heavy (non-hydrogen) atoms. The Bertz CT molecular complexity index is 802. The predicted molar refractivity (Wildman–Crippen MR) is 112 cm³/mol. The van der Waals surface area contributed by atoms with Crippen LogP contribution < -0.4 is 0 Å². The van der Waals surface area contributed by atoms with Gasteiger partial charge in [-0.3, -0.25) is 0 Å². The number of benzene rings is 2. The Labute approximate surface area is 162 Å². The highest BCUT2D eigenvalue weighted by Crippen LogP contribution is 2.31. The molecular formula is C25H28O2. The van der Waals surface area contributed by atoms with Gasteiger partial charge in [0, 0.05) is 6.08 Å². The summed E-state index contributed by atoms with van der Waals surface area (Å²) in [5.41, 5.74) is 7.05. The zero-order chi connectivity index (χ0) is 18.9. The van der Waals surface area contributed by atoms with E-state index in [1.165, 1.54) is 46.7 Å². The van der Waals surface area contributed by atoms with Crippen LogP contribution in [0.15, 0.2) is 61.2 Å². The van der Waals surface area contributed by atoms with Crippen LogP contribution in [0.5, 0.6) is 0 Å². The Morgan fingerprint density at radius 3 is 2.63 bits per heavy atom. The molecule has 0 N–H and O–H groups in total. The SMILES string of the molecule is C=CC(=O)OCCCCCCc1ccc2c(c1)CCC(c1ccccc1)=C2. The van der Waals surface area contributed by atoms with Crippen LogP contribution in [0.2, 0.25) is 0 Å². The molecule has 1 aliphatic carbocycles. The van der Waals surface area contributed by atoms with Gasteiger partial charge in [-0.2, -0.15) is 0 Å². The molecule has 0 aliphatic heterocycles. The van der Waals surface area contributed by atoms with Crippen LogP contribution in [-0.2, 0) is 22.4 Å². The first kappa shape index (κ1) is 19.2. The molecule has 0 fully saturated rings. The summed E-state index contributed by atoms with van der Waals surface area (Å²) < 4.78 is 5.00. The molecule has 0 radical (unpaired) electrons. The lowest BCUT2D eigenvalue weighted by atomic mass is 9.87. The van der Waals surface area contributed by atoms with Gasteiger partial charge in [0.1, 0.15) is 0 Å². The molecule has 0 bridgehead atoms. The summed E-state index contributed by atoms with van der Waals surface area (Å²) >= 11 is 0. The van der Waals surface area contributed by atoms with Gasteiger partial charge in [-0.15, -0.1) is 0 Å². The van der Waals surface area contributed by atoms with Crippen molar-refractivity contribution in [2.45, 2.75) is 44.9 Å². The van der Waals surface area contributed by atoms with Crippen LogP contribution >= 0.6 is 0 Å². The number of hydrogen-bond donors (Lipinski definition) is 0. The van der Waals surface area contributed by atoms with E-state index in [2.05, 4.69) is 61.2 Å². The van der Waals surface area contributed by atoms with E-state index in [0.717, 1.165) is 32.1 Å². The van der Waals surface area contributed by atoms with E-state index >= 15 is 0 Å². The minimum absolute atomic E-state index is 0.325. The van der Waals surface area contributed by atoms with Crippen LogP contribution in [-0.4, -0.2) is 12.6 Å². The first-order chi connectivity index (χ1) is 13.3. The average Bonchev–Trinajstić information content (AvgIpc) is 2.73. The van der Waals surface area contributed by atoms with Crippen LogP contribution in [0.25, 0.3) is 11.6 Å². The summed E-state index contributed by atoms with van der Waals surface area (Å²) in [6, 6.07) is 17.6. The van der Waals surface area contributed by atoms with Gasteiger partial charge in [-0.05, 0) is 59.9 Å². The fourth-order valence-corrected chi connectivity index (χ4v) is 3.60. The minimum Gasteiger partial charge on any atom is -0.463 e. The van der Waals surface area contributed by atoms with Crippen molar-refractivity contribution in [3.05, 3.63) is 83.4 Å². The molecule has 0 aromatic heterocycles. The van der Waals surface area contributed by atoms with Crippen molar-refractivity contribution in [3.63, 3.8) is 0 Å². The number of hydrogen-bond acceptors (Lipinski definition) is 2. The molecule has 3 rings (SSSR count). The van der Waals surface area contributed by atoms with E-state index in [1.807, 2.05) is 0 Å². The highest BCUT2D eigenvalue weighted by atomic mass is 16.5. The summed E-state index contributed by atoms with van der Waals surface area (Å²) in [5, 5.41) is 0. The number of rotatable bonds is 9. The van der Waals surface area contributed by atoms with E-state index < -0.39 is 0 Å². The number of carbonyl (C=O) groups excluding carboxylic acids is 1. The molecular weight excluding hydrogens is 332 g/mol. The molecule has 0 atom stereocenters. The van der Waals surface area contributed by atoms with Gasteiger partial charge in [-0.1, -0.05) is 74.0 Å². The second-order valence-electron chi connectivity index (χ2n) is 7.10. The highest BCUT2D eigenvalue weighted by Gasteiger charge is 2.12. The molecule has 0 spiro atoms. The van der Waals surface area contributed by atoms with Gasteiger partial charge in [0.25, 0.3) is 0 Å². The predicted octanol–water partition coefficient (Wildman–Crippen LogP) is 6.01. The molecule has 0 heterocycles. The van der Waals surface area contributed by atoms with Gasteiger partial charge in [0.2, 0.25) is 0 Å². The Balaban J connectivity index is 1.46. The monoisotopic (exact) mass is 360 g/mol. The fourth-order valence-electron chi connectivity index (χ4n) is 3.60. The maximum atomic E-state index is 11.0. The average molecular weight is 360 g/mol. The quantitative estimate of drug-likeness (QED) is 0.311. The molecule has 0 saturated carbocycles. The summed E-state index contributed by atoms with van der Waals surface area (Å²) in [7, 11) is 0. The molecule has 2 aromatic rings. The number of carbonyl (C=O) groups is 1. The normalized spacial score (nSPS) is 12.8. The molecule has 1 aliphatic rings. The lowest BCUT2D eigenvalue weighted by Gasteiger charge is -2.18. The number of fused-ring (bicyclic) bond motifs is 1. The Kier molecular flexibility index (Phi) is 7.04. The van der Waals surface area contributed by atoms with E-state index in [0.29, 0.717) is 6.61 Å². The topological polar surface area (TPSA) is 26.3 Å². The number of ether oxygens (including phenoxy) is 1. The lowest BCUT2D eigenvalue weighted by molar-refractivity contribution is -0.137. The molecule has 140 valence electrons. The standard InChI is InChI=1S/C25H28O2/c1-2-25(26)27-17-9-4-3-6-10-20-13-14-24-19-23(16-15-22(24)18-20)21-11-7-5-8-12-21/h2,5,7-8,11-14,18-19H,1,3-4,6,9-10,15-17H2. The van der Waals surface area contributed by atoms with Crippen molar-refractivity contribution in [1.29, 1.82) is 0 Å². The number of allylic oxidation sites excluding steroid dienone is 1. The summed E-state index contributed by atoms with van der Waals surface area (Å²) in [5.74, 6) is -0.325. The minimum atomic E-state index is -0.325. The molecule has 2 heteroatoms. The second kappa shape index (κ2) is 9.91. The summed E-state index contributed by atoms with van der Waals surface area (Å²) in [4.78, 5) is 11.0. The lowest BCUT2D eigenvalue weighted by Crippen LogP contribution is -2.02. The van der Waals surface area contributed by atoms with Crippen molar-refractivity contribution >= 4 is 17.6 Å². The first-order valence-corrected chi connectivity index (χ1v) is 9.93. The number of esters is 1. The zero-order valence-corrected chi connectivity index (χ0v) is 16.0. The first-order valence-electron chi connectivity index (χ1n) is 9.93. The van der Waals surface area contributed by atoms with Crippen molar-refractivity contribution in [3.8, 4) is 0 Å². The maximum Gasteiger partial charge on any atom is 0.330 e. The third-order valence-electron chi connectivity index (χ3n) is 5.12. The third-order valence-corrected chi connectivity index (χ3v) is 5.12. The van der Waals surface area contributed by atoms with Gasteiger partial charge >= 0.3 is 5.97 Å². The van der Waals surface area contributed by atoms with E-state index in [1.54, 1.807) is 0 Å². The van der Waals surface area contributed by atoms with Crippen molar-refractivity contribution < 1.29 is 9.53 Å². The Morgan fingerprint density at radius 2 is 1.81 bits per heavy atom. The van der Waals surface area contributed by atoms with Crippen molar-refractivity contribution in [2.75, 3.05) is 6.61 Å². The van der Waals surface area contributed by atoms with E-state index in [4.69, 9.17) is 4.74 Å². The highest BCUT2D eigenvalue weighted by molar-refractivity contribution is 5.84. The maximum absolute atomic E-state index is 11.0. The Morgan fingerprint density at radius 1 is 1.00 bits per heavy atom. The number of unbranched alkanes of at least 4 members (excludes halogenated alkanes) is 3. The third kappa shape index (κ3) is 5.68.